The van der Waals surface area contributed by atoms with Crippen molar-refractivity contribution >= 4 is 23.6 Å². The summed E-state index contributed by atoms with van der Waals surface area (Å²) in [7, 11) is 0. The number of nitrogens with one attached hydrogen (secondary N) is 1. The number of nitro benzene ring substituents is 1. The Bertz CT molecular complexity index is 1940. The number of amides is 2. The molecule has 0 bridgehead atoms. The van der Waals surface area contributed by atoms with Gasteiger partial charge >= 0.3 is 12.2 Å². The van der Waals surface area contributed by atoms with Crippen molar-refractivity contribution in [3.05, 3.63) is 82.4 Å². The predicted octanol–water partition coefficient (Wildman–Crippen LogP) is 11.2. The molecule has 2 aliphatic carbocycles. The predicted molar refractivity (Wildman–Crippen MR) is 259 cm³/mol. The van der Waals surface area contributed by atoms with Crippen LogP contribution in [0.5, 0.6) is 17.2 Å². The van der Waals surface area contributed by atoms with Gasteiger partial charge in [0.1, 0.15) is 29.9 Å². The van der Waals surface area contributed by atoms with Crippen molar-refractivity contribution in [3.63, 3.8) is 0 Å². The number of rotatable bonds is 30. The summed E-state index contributed by atoms with van der Waals surface area (Å²) in [6.45, 7) is 11.3. The smallest absolute Gasteiger partial charge is 0.415 e. The van der Waals surface area contributed by atoms with Crippen LogP contribution < -0.4 is 19.5 Å². The number of aliphatic hydroxyl groups is 2. The number of fused-ring (bicyclic) bond motifs is 2. The zero-order valence-corrected chi connectivity index (χ0v) is 40.2. The molecule has 0 radical (unpaired) electrons. The van der Waals surface area contributed by atoms with Gasteiger partial charge in [0.2, 0.25) is 5.79 Å². The lowest BCUT2D eigenvalue weighted by Crippen LogP contribution is -2.70. The number of aliphatic hydroxyl groups excluding tert-OH is 2. The summed E-state index contributed by atoms with van der Waals surface area (Å²) in [5, 5.41) is 38.9. The molecule has 1 aliphatic heterocycles. The number of allylic oxidation sites excluding steroid dienone is 1. The Morgan fingerprint density at radius 2 is 1.57 bits per heavy atom. The maximum atomic E-state index is 14.6. The van der Waals surface area contributed by atoms with Crippen LogP contribution in [0, 0.1) is 27.9 Å². The van der Waals surface area contributed by atoms with Gasteiger partial charge in [-0.3, -0.25) is 15.0 Å². The fourth-order valence-corrected chi connectivity index (χ4v) is 10.2. The lowest BCUT2D eigenvalue weighted by atomic mass is 9.55. The van der Waals surface area contributed by atoms with E-state index in [0.29, 0.717) is 49.6 Å². The van der Waals surface area contributed by atoms with Crippen LogP contribution in [0.1, 0.15) is 148 Å². The van der Waals surface area contributed by atoms with Gasteiger partial charge in [0, 0.05) is 56.3 Å². The first-order valence-corrected chi connectivity index (χ1v) is 25.0. The highest BCUT2D eigenvalue weighted by molar-refractivity contribution is 6.03. The van der Waals surface area contributed by atoms with Gasteiger partial charge in [0.15, 0.2) is 0 Å². The number of carbonyl (C=O) groups excluding carboxylic acids is 2. The fourth-order valence-electron chi connectivity index (χ4n) is 10.2. The van der Waals surface area contributed by atoms with Crippen molar-refractivity contribution in [2.45, 2.75) is 154 Å². The average molecular weight is 933 g/mol. The van der Waals surface area contributed by atoms with E-state index in [1.165, 1.54) is 69.2 Å². The number of carbonyl (C=O) groups is 2. The van der Waals surface area contributed by atoms with Crippen LogP contribution in [0.25, 0.3) is 0 Å². The zero-order valence-electron chi connectivity index (χ0n) is 40.2. The molecule has 370 valence electrons. The third-order valence-electron chi connectivity index (χ3n) is 13.3. The van der Waals surface area contributed by atoms with Gasteiger partial charge in [0.05, 0.1) is 23.2 Å². The first-order chi connectivity index (χ1) is 32.7. The van der Waals surface area contributed by atoms with Gasteiger partial charge in [-0.2, -0.15) is 0 Å². The highest BCUT2D eigenvalue weighted by atomic mass is 16.7. The monoisotopic (exact) mass is 933 g/mol. The summed E-state index contributed by atoms with van der Waals surface area (Å²) in [6, 6.07) is 9.94. The summed E-state index contributed by atoms with van der Waals surface area (Å²) in [5.41, 5.74) is 2.19. The highest BCUT2D eigenvalue weighted by Gasteiger charge is 2.65. The molecule has 2 amide bonds. The van der Waals surface area contributed by atoms with Crippen LogP contribution in [0.3, 0.4) is 0 Å². The zero-order chi connectivity index (χ0) is 48.0. The van der Waals surface area contributed by atoms with Gasteiger partial charge in [-0.05, 0) is 93.2 Å². The second-order valence-electron chi connectivity index (χ2n) is 18.0. The van der Waals surface area contributed by atoms with E-state index >= 15 is 0 Å². The Morgan fingerprint density at radius 1 is 0.896 bits per heavy atom. The molecule has 67 heavy (non-hydrogen) atoms. The largest absolute Gasteiger partial charge is 0.459 e. The van der Waals surface area contributed by atoms with E-state index in [4.69, 9.17) is 28.9 Å². The van der Waals surface area contributed by atoms with Gasteiger partial charge in [-0.25, -0.2) is 9.59 Å². The molecule has 1 heterocycles. The van der Waals surface area contributed by atoms with Crippen LogP contribution in [0.4, 0.5) is 15.3 Å². The van der Waals surface area contributed by atoms with Crippen molar-refractivity contribution < 1.29 is 48.5 Å². The molecule has 2 aromatic rings. The summed E-state index contributed by atoms with van der Waals surface area (Å²) in [5.74, 6) is -1.43. The Kier molecular flexibility index (Phi) is 21.9. The van der Waals surface area contributed by atoms with E-state index in [1.807, 2.05) is 19.9 Å². The Morgan fingerprint density at radius 3 is 2.21 bits per heavy atom. The summed E-state index contributed by atoms with van der Waals surface area (Å²) >= 11 is 0. The fraction of sp³-hybridized carbons (Fsp3) is 0.635. The molecule has 0 saturated heterocycles. The number of non-ortho nitro benzene ring substituents is 1. The van der Waals surface area contributed by atoms with Gasteiger partial charge < -0.3 is 39.3 Å². The van der Waals surface area contributed by atoms with Gasteiger partial charge in [0.25, 0.3) is 5.69 Å². The Balaban J connectivity index is 1.54. The van der Waals surface area contributed by atoms with E-state index in [9.17, 15) is 29.9 Å². The van der Waals surface area contributed by atoms with Crippen LogP contribution in [0.15, 0.2) is 71.9 Å². The second-order valence-corrected chi connectivity index (χ2v) is 18.0. The van der Waals surface area contributed by atoms with Gasteiger partial charge in [-0.1, -0.05) is 102 Å². The lowest BCUT2D eigenvalue weighted by molar-refractivity contribution is -0.384. The van der Waals surface area contributed by atoms with E-state index in [0.717, 1.165) is 56.1 Å². The molecule has 0 spiro atoms. The SMILES string of the molecule is C=CCOC12Oc3ccc(OC(=O)NCCCCCCCCCCCC)cc3C3C(CCCCO)C(CCCCO)C=C(C(=NOCC)CC1N(CCC)C(=O)Oc1ccc([N+](=O)[O-])cc1)C32. The van der Waals surface area contributed by atoms with Crippen molar-refractivity contribution in [2.24, 2.45) is 22.9 Å². The number of nitrogens with zero attached hydrogens (tertiary/aromatic N) is 3. The van der Waals surface area contributed by atoms with Crippen molar-refractivity contribution in [1.82, 2.24) is 10.2 Å². The molecular weight excluding hydrogens is 857 g/mol. The molecule has 3 N–H and O–H groups in total. The van der Waals surface area contributed by atoms with E-state index in [1.54, 1.807) is 23.1 Å². The topological polar surface area (TPSA) is 192 Å². The number of nitro groups is 1. The van der Waals surface area contributed by atoms with Crippen LogP contribution >= 0.6 is 0 Å². The van der Waals surface area contributed by atoms with Crippen LogP contribution in [-0.4, -0.2) is 89.3 Å². The molecule has 15 nitrogen and oxygen atoms in total. The Labute approximate surface area is 397 Å². The third-order valence-corrected chi connectivity index (χ3v) is 13.3. The minimum atomic E-state index is -1.52. The molecule has 6 unspecified atom stereocenters. The van der Waals surface area contributed by atoms with Crippen molar-refractivity contribution in [1.29, 1.82) is 0 Å². The summed E-state index contributed by atoms with van der Waals surface area (Å²) in [4.78, 5) is 46.2. The maximum Gasteiger partial charge on any atom is 0.415 e. The van der Waals surface area contributed by atoms with E-state index in [2.05, 4.69) is 24.9 Å². The number of benzene rings is 2. The van der Waals surface area contributed by atoms with Crippen LogP contribution in [-0.2, 0) is 9.57 Å². The average Bonchev–Trinajstić information content (AvgIpc) is 3.32. The molecule has 1 saturated carbocycles. The third kappa shape index (κ3) is 14.3. The van der Waals surface area contributed by atoms with Crippen molar-refractivity contribution in [3.8, 4) is 17.2 Å². The minimum Gasteiger partial charge on any atom is -0.459 e. The maximum absolute atomic E-state index is 14.6. The molecule has 1 fully saturated rings. The standard InChI is InChI=1S/C52H76N4O11/c1-5-9-10-11-12-13-14-15-16-19-30-53-50(59)65-41-28-29-46-44(36-41)48-42(23-18-21-33-58)38(22-17-20-32-57)35-43-45(54-64-8-4)37-47(52(67-46,49(43)48)63-34-7-3)55(31-6-2)51(60)66-40-26-24-39(25-27-40)56(61)62/h7,24-29,35-36,38,42,47-49,57-58H,3,5-6,8-23,30-34,37H2,1-2,4H3,(H,53,59). The molecule has 5 rings (SSSR count). The highest BCUT2D eigenvalue weighted by Crippen LogP contribution is 2.62. The minimum absolute atomic E-state index is 0.0145. The van der Waals surface area contributed by atoms with Gasteiger partial charge in [-0.15, -0.1) is 6.58 Å². The van der Waals surface area contributed by atoms with E-state index < -0.39 is 34.9 Å². The quantitative estimate of drug-likeness (QED) is 0.0292. The molecular formula is C52H76N4O11. The molecule has 2 aromatic carbocycles. The molecule has 6 atom stereocenters. The number of oxime groups is 1. The van der Waals surface area contributed by atoms with Crippen LogP contribution in [0.2, 0.25) is 0 Å². The number of ether oxygens (including phenoxy) is 4. The lowest BCUT2D eigenvalue weighted by Gasteiger charge is -2.59. The summed E-state index contributed by atoms with van der Waals surface area (Å²) in [6.07, 6.45) is 19.7. The first-order valence-electron chi connectivity index (χ1n) is 25.0. The molecule has 15 heteroatoms. The number of hydrogen-bond donors (Lipinski definition) is 3. The van der Waals surface area contributed by atoms with Crippen molar-refractivity contribution in [2.75, 3.05) is 39.5 Å². The second kappa shape index (κ2) is 27.7. The number of unbranched alkanes of at least 4 members (excludes halogenated alkanes) is 11. The van der Waals surface area contributed by atoms with E-state index in [-0.39, 0.29) is 62.0 Å². The summed E-state index contributed by atoms with van der Waals surface area (Å²) < 4.78 is 26.2. The molecule has 0 aromatic heterocycles. The number of hydrogen-bond acceptors (Lipinski definition) is 12. The first kappa shape index (κ1) is 53.0. The molecule has 3 aliphatic rings. The normalized spacial score (nSPS) is 22.1. The Hall–Kier alpha value is -4.99.